The molecule has 110 valence electrons. The largest absolute Gasteiger partial charge is 0.493 e. The van der Waals surface area contributed by atoms with Crippen LogP contribution in [0, 0.1) is 0 Å². The predicted molar refractivity (Wildman–Crippen MR) is 79.5 cm³/mol. The molecule has 3 rings (SSSR count). The number of methoxy groups -OCH3 is 1. The van der Waals surface area contributed by atoms with E-state index in [-0.39, 0.29) is 5.54 Å². The molecule has 0 amide bonds. The minimum absolute atomic E-state index is 0.0719. The van der Waals surface area contributed by atoms with Crippen LogP contribution in [-0.2, 0) is 5.54 Å². The molecule has 0 bridgehead atoms. The van der Waals surface area contributed by atoms with Crippen molar-refractivity contribution in [2.75, 3.05) is 33.8 Å². The molecule has 2 heterocycles. The molecule has 2 fully saturated rings. The molecule has 1 atom stereocenters. The second kappa shape index (κ2) is 5.26. The van der Waals surface area contributed by atoms with Gasteiger partial charge in [-0.25, -0.2) is 0 Å². The zero-order valence-electron chi connectivity index (χ0n) is 12.6. The molecule has 0 aliphatic carbocycles. The highest BCUT2D eigenvalue weighted by Gasteiger charge is 2.31. The first-order chi connectivity index (χ1) is 9.60. The average Bonchev–Trinajstić information content (AvgIpc) is 2.85. The summed E-state index contributed by atoms with van der Waals surface area (Å²) in [6.45, 7) is 5.33. The van der Waals surface area contributed by atoms with Crippen LogP contribution in [0.1, 0.15) is 25.3 Å². The summed E-state index contributed by atoms with van der Waals surface area (Å²) in [5.74, 6) is 1.70. The molecule has 1 aromatic rings. The van der Waals surface area contributed by atoms with Gasteiger partial charge in [0.15, 0.2) is 11.5 Å². The van der Waals surface area contributed by atoms with Gasteiger partial charge in [-0.15, -0.1) is 0 Å². The monoisotopic (exact) mass is 276 g/mol. The van der Waals surface area contributed by atoms with Crippen molar-refractivity contribution in [3.8, 4) is 11.5 Å². The third-order valence-corrected chi connectivity index (χ3v) is 4.49. The van der Waals surface area contributed by atoms with E-state index in [1.807, 2.05) is 0 Å². The molecule has 2 aliphatic heterocycles. The molecule has 1 aromatic carbocycles. The summed E-state index contributed by atoms with van der Waals surface area (Å²) in [6, 6.07) is 6.34. The Morgan fingerprint density at radius 3 is 2.70 bits per heavy atom. The Kier molecular flexibility index (Phi) is 3.61. The Labute approximate surface area is 121 Å². The van der Waals surface area contributed by atoms with Gasteiger partial charge in [-0.2, -0.15) is 0 Å². The van der Waals surface area contributed by atoms with E-state index >= 15 is 0 Å². The molecule has 0 spiro atoms. The minimum Gasteiger partial charge on any atom is -0.493 e. The fraction of sp³-hybridized carbons (Fsp3) is 0.625. The summed E-state index contributed by atoms with van der Waals surface area (Å²) in [6.07, 6.45) is 2.69. The number of rotatable bonds is 4. The molecule has 1 unspecified atom stereocenters. The molecule has 2 aliphatic rings. The summed E-state index contributed by atoms with van der Waals surface area (Å²) < 4.78 is 11.5. The number of nitrogens with one attached hydrogen (secondary N) is 1. The van der Waals surface area contributed by atoms with Gasteiger partial charge in [0.25, 0.3) is 0 Å². The quantitative estimate of drug-likeness (QED) is 0.912. The topological polar surface area (TPSA) is 33.7 Å². The molecule has 0 saturated carbocycles. The molecular weight excluding hydrogens is 252 g/mol. The number of hydrogen-bond acceptors (Lipinski definition) is 4. The van der Waals surface area contributed by atoms with Crippen molar-refractivity contribution in [1.82, 2.24) is 10.2 Å². The van der Waals surface area contributed by atoms with Gasteiger partial charge in [0.2, 0.25) is 0 Å². The van der Waals surface area contributed by atoms with E-state index in [0.717, 1.165) is 31.1 Å². The highest BCUT2D eigenvalue weighted by Crippen LogP contribution is 2.37. The highest BCUT2D eigenvalue weighted by atomic mass is 16.5. The third kappa shape index (κ3) is 2.50. The highest BCUT2D eigenvalue weighted by molar-refractivity contribution is 5.45. The Morgan fingerprint density at radius 1 is 1.30 bits per heavy atom. The Bertz CT molecular complexity index is 477. The maximum absolute atomic E-state index is 6.01. The summed E-state index contributed by atoms with van der Waals surface area (Å²) in [5.41, 5.74) is 1.35. The van der Waals surface area contributed by atoms with Crippen molar-refractivity contribution >= 4 is 0 Å². The lowest BCUT2D eigenvalue weighted by Gasteiger charge is -2.36. The maximum atomic E-state index is 6.01. The van der Waals surface area contributed by atoms with Crippen LogP contribution in [-0.4, -0.2) is 44.8 Å². The Balaban J connectivity index is 1.78. The number of ether oxygens (including phenoxy) is 2. The predicted octanol–water partition coefficient (Wildman–Crippen LogP) is 1.99. The van der Waals surface area contributed by atoms with Gasteiger partial charge in [0.1, 0.15) is 6.10 Å². The van der Waals surface area contributed by atoms with Gasteiger partial charge >= 0.3 is 0 Å². The lowest BCUT2D eigenvalue weighted by molar-refractivity contribution is 0.0369. The van der Waals surface area contributed by atoms with Crippen molar-refractivity contribution < 1.29 is 9.47 Å². The second-order valence-corrected chi connectivity index (χ2v) is 6.19. The zero-order valence-corrected chi connectivity index (χ0v) is 12.6. The van der Waals surface area contributed by atoms with Gasteiger partial charge < -0.3 is 14.8 Å². The number of nitrogens with zero attached hydrogens (tertiary/aromatic N) is 1. The number of benzene rings is 1. The normalized spacial score (nSPS) is 27.4. The Morgan fingerprint density at radius 2 is 2.10 bits per heavy atom. The summed E-state index contributed by atoms with van der Waals surface area (Å²) in [7, 11) is 3.82. The van der Waals surface area contributed by atoms with E-state index in [1.54, 1.807) is 7.11 Å². The number of likely N-dealkylation sites (N-methyl/N-ethyl adjacent to an activating group) is 1. The van der Waals surface area contributed by atoms with E-state index < -0.39 is 0 Å². The number of hydrogen-bond donors (Lipinski definition) is 1. The lowest BCUT2D eigenvalue weighted by atomic mass is 9.90. The van der Waals surface area contributed by atoms with E-state index in [9.17, 15) is 0 Å². The third-order valence-electron chi connectivity index (χ3n) is 4.49. The summed E-state index contributed by atoms with van der Waals surface area (Å²) in [4.78, 5) is 2.25. The van der Waals surface area contributed by atoms with Crippen LogP contribution >= 0.6 is 0 Å². The van der Waals surface area contributed by atoms with Crippen LogP contribution < -0.4 is 14.8 Å². The molecule has 4 nitrogen and oxygen atoms in total. The summed E-state index contributed by atoms with van der Waals surface area (Å²) >= 11 is 0. The zero-order chi connectivity index (χ0) is 14.2. The van der Waals surface area contributed by atoms with Crippen LogP contribution in [0.5, 0.6) is 11.5 Å². The van der Waals surface area contributed by atoms with E-state index in [2.05, 4.69) is 42.4 Å². The first-order valence-corrected chi connectivity index (χ1v) is 7.39. The van der Waals surface area contributed by atoms with Gasteiger partial charge in [0.05, 0.1) is 7.11 Å². The van der Waals surface area contributed by atoms with Crippen molar-refractivity contribution in [2.24, 2.45) is 0 Å². The van der Waals surface area contributed by atoms with Crippen LogP contribution in [0.2, 0.25) is 0 Å². The molecule has 20 heavy (non-hydrogen) atoms. The van der Waals surface area contributed by atoms with Crippen molar-refractivity contribution in [2.45, 2.75) is 31.4 Å². The van der Waals surface area contributed by atoms with Gasteiger partial charge in [-0.3, -0.25) is 4.90 Å². The van der Waals surface area contributed by atoms with Gasteiger partial charge in [-0.1, -0.05) is 6.07 Å². The molecule has 4 heteroatoms. The van der Waals surface area contributed by atoms with Crippen LogP contribution in [0.15, 0.2) is 18.2 Å². The Hall–Kier alpha value is -1.26. The second-order valence-electron chi connectivity index (χ2n) is 6.19. The SMILES string of the molecule is COc1cc(C2(C)CCCN2)ccc1OC1CN(C)C1. The minimum atomic E-state index is 0.0719. The van der Waals surface area contributed by atoms with Crippen LogP contribution in [0.25, 0.3) is 0 Å². The molecule has 0 radical (unpaired) electrons. The van der Waals surface area contributed by atoms with Gasteiger partial charge in [-0.05, 0) is 51.1 Å². The maximum Gasteiger partial charge on any atom is 0.161 e. The number of likely N-dealkylation sites (tertiary alicyclic amines) is 1. The van der Waals surface area contributed by atoms with Crippen LogP contribution in [0.3, 0.4) is 0 Å². The van der Waals surface area contributed by atoms with E-state index in [0.29, 0.717) is 6.10 Å². The fourth-order valence-electron chi connectivity index (χ4n) is 3.15. The van der Waals surface area contributed by atoms with Crippen LogP contribution in [0.4, 0.5) is 0 Å². The van der Waals surface area contributed by atoms with Gasteiger partial charge in [0, 0.05) is 18.6 Å². The lowest BCUT2D eigenvalue weighted by Crippen LogP contribution is -2.51. The van der Waals surface area contributed by atoms with Crippen molar-refractivity contribution in [1.29, 1.82) is 0 Å². The van der Waals surface area contributed by atoms with Crippen molar-refractivity contribution in [3.05, 3.63) is 23.8 Å². The smallest absolute Gasteiger partial charge is 0.161 e. The van der Waals surface area contributed by atoms with Crippen molar-refractivity contribution in [3.63, 3.8) is 0 Å². The molecule has 0 aromatic heterocycles. The standard InChI is InChI=1S/C16H24N2O2/c1-16(7-4-8-17-16)12-5-6-14(15(9-12)19-3)20-13-10-18(2)11-13/h5-6,9,13,17H,4,7-8,10-11H2,1-3H3. The molecule has 2 saturated heterocycles. The fourth-order valence-corrected chi connectivity index (χ4v) is 3.15. The van der Waals surface area contributed by atoms with E-state index in [4.69, 9.17) is 9.47 Å². The molecule has 1 N–H and O–H groups in total. The van der Waals surface area contributed by atoms with E-state index in [1.165, 1.54) is 18.4 Å². The first kappa shape index (κ1) is 13.7. The summed E-state index contributed by atoms with van der Waals surface area (Å²) in [5, 5.41) is 3.59. The average molecular weight is 276 g/mol. The molecular formula is C16H24N2O2. The first-order valence-electron chi connectivity index (χ1n) is 7.39.